The van der Waals surface area contributed by atoms with Gasteiger partial charge in [0.1, 0.15) is 5.82 Å². The topological polar surface area (TPSA) is 43.1 Å². The van der Waals surface area contributed by atoms with Gasteiger partial charge in [-0.15, -0.1) is 0 Å². The lowest BCUT2D eigenvalue weighted by Gasteiger charge is -2.39. The summed E-state index contributed by atoms with van der Waals surface area (Å²) in [6, 6.07) is 2.27. The van der Waals surface area contributed by atoms with Crippen molar-refractivity contribution in [3.8, 4) is 0 Å². The molecule has 0 radical (unpaired) electrons. The van der Waals surface area contributed by atoms with Crippen LogP contribution in [0.2, 0.25) is 0 Å². The van der Waals surface area contributed by atoms with Crippen molar-refractivity contribution < 1.29 is 22.4 Å². The van der Waals surface area contributed by atoms with Gasteiger partial charge in [0, 0.05) is 17.5 Å². The molecule has 0 saturated heterocycles. The van der Waals surface area contributed by atoms with Gasteiger partial charge in [0.05, 0.1) is 5.56 Å². The van der Waals surface area contributed by atoms with E-state index >= 15 is 0 Å². The first-order valence-corrected chi connectivity index (χ1v) is 5.92. The molecule has 1 aliphatic carbocycles. The third-order valence-electron chi connectivity index (χ3n) is 3.72. The van der Waals surface area contributed by atoms with Crippen molar-refractivity contribution in [1.82, 2.24) is 0 Å². The summed E-state index contributed by atoms with van der Waals surface area (Å²) in [5, 5.41) is 0. The first kappa shape index (κ1) is 14.0. The second-order valence-corrected chi connectivity index (χ2v) is 4.86. The average Bonchev–Trinajstić information content (AvgIpc) is 2.26. The molecule has 0 heterocycles. The number of halogens is 4. The number of hydrogen-bond donors (Lipinski definition) is 1. The van der Waals surface area contributed by atoms with Gasteiger partial charge in [-0.2, -0.15) is 13.2 Å². The van der Waals surface area contributed by atoms with Gasteiger partial charge in [-0.05, 0) is 25.0 Å². The van der Waals surface area contributed by atoms with Crippen LogP contribution in [0.5, 0.6) is 0 Å². The molecule has 0 spiro atoms. The SMILES string of the molecule is NCC1(C(=O)c2ccc(C(F)(F)F)c(F)c2)CCC1. The standard InChI is InChI=1S/C13H13F4NO/c14-10-6-8(2-3-9(10)13(15,16)17)11(19)12(7-18)4-1-5-12/h2-3,6H,1,4-5,7,18H2. The molecule has 1 aromatic rings. The smallest absolute Gasteiger partial charge is 0.329 e. The molecule has 0 aliphatic heterocycles. The van der Waals surface area contributed by atoms with Gasteiger partial charge in [-0.25, -0.2) is 4.39 Å². The molecule has 6 heteroatoms. The van der Waals surface area contributed by atoms with Crippen molar-refractivity contribution in [1.29, 1.82) is 0 Å². The molecule has 2 nitrogen and oxygen atoms in total. The highest BCUT2D eigenvalue weighted by Crippen LogP contribution is 2.43. The number of ketones is 1. The van der Waals surface area contributed by atoms with Crippen molar-refractivity contribution in [2.24, 2.45) is 11.1 Å². The van der Waals surface area contributed by atoms with E-state index in [9.17, 15) is 22.4 Å². The van der Waals surface area contributed by atoms with Gasteiger partial charge in [0.15, 0.2) is 5.78 Å². The van der Waals surface area contributed by atoms with E-state index < -0.39 is 23.0 Å². The summed E-state index contributed by atoms with van der Waals surface area (Å²) in [6.07, 6.45) is -2.70. The number of nitrogens with two attached hydrogens (primary N) is 1. The number of benzene rings is 1. The Morgan fingerprint density at radius 3 is 2.32 bits per heavy atom. The summed E-state index contributed by atoms with van der Waals surface area (Å²) >= 11 is 0. The van der Waals surface area contributed by atoms with Gasteiger partial charge in [0.2, 0.25) is 0 Å². The highest BCUT2D eigenvalue weighted by atomic mass is 19.4. The third-order valence-corrected chi connectivity index (χ3v) is 3.72. The highest BCUT2D eigenvalue weighted by molar-refractivity contribution is 6.01. The van der Waals surface area contributed by atoms with E-state index in [0.29, 0.717) is 25.0 Å². The number of carbonyl (C=O) groups is 1. The maximum atomic E-state index is 13.4. The van der Waals surface area contributed by atoms with E-state index in [4.69, 9.17) is 5.73 Å². The molecule has 0 unspecified atom stereocenters. The lowest BCUT2D eigenvalue weighted by atomic mass is 9.64. The molecular weight excluding hydrogens is 262 g/mol. The Morgan fingerprint density at radius 2 is 1.95 bits per heavy atom. The molecule has 2 N–H and O–H groups in total. The molecule has 1 saturated carbocycles. The fourth-order valence-electron chi connectivity index (χ4n) is 2.32. The average molecular weight is 275 g/mol. The first-order valence-electron chi connectivity index (χ1n) is 5.92. The van der Waals surface area contributed by atoms with Crippen molar-refractivity contribution in [3.05, 3.63) is 35.1 Å². The van der Waals surface area contributed by atoms with E-state index in [-0.39, 0.29) is 17.9 Å². The largest absolute Gasteiger partial charge is 0.419 e. The van der Waals surface area contributed by atoms with Crippen LogP contribution in [0.3, 0.4) is 0 Å². The van der Waals surface area contributed by atoms with Gasteiger partial charge >= 0.3 is 6.18 Å². The van der Waals surface area contributed by atoms with E-state index in [1.807, 2.05) is 0 Å². The normalized spacial score (nSPS) is 17.9. The number of Topliss-reactive ketones (excluding diaryl/α,β-unsaturated/α-hetero) is 1. The van der Waals surface area contributed by atoms with Crippen LogP contribution in [0.15, 0.2) is 18.2 Å². The van der Waals surface area contributed by atoms with Crippen LogP contribution >= 0.6 is 0 Å². The van der Waals surface area contributed by atoms with Crippen LogP contribution in [0, 0.1) is 11.2 Å². The lowest BCUT2D eigenvalue weighted by molar-refractivity contribution is -0.140. The van der Waals surface area contributed by atoms with Crippen molar-refractivity contribution in [3.63, 3.8) is 0 Å². The van der Waals surface area contributed by atoms with Crippen LogP contribution in [0.25, 0.3) is 0 Å². The summed E-state index contributed by atoms with van der Waals surface area (Å²) in [7, 11) is 0. The Bertz CT molecular complexity index is 500. The van der Waals surface area contributed by atoms with Gasteiger partial charge < -0.3 is 5.73 Å². The van der Waals surface area contributed by atoms with E-state index in [1.165, 1.54) is 0 Å². The van der Waals surface area contributed by atoms with Crippen LogP contribution in [-0.2, 0) is 6.18 Å². The monoisotopic (exact) mass is 275 g/mol. The second-order valence-electron chi connectivity index (χ2n) is 4.86. The zero-order valence-corrected chi connectivity index (χ0v) is 10.1. The van der Waals surface area contributed by atoms with E-state index in [1.54, 1.807) is 0 Å². The second kappa shape index (κ2) is 4.59. The molecule has 1 aliphatic rings. The predicted molar refractivity (Wildman–Crippen MR) is 61.1 cm³/mol. The fourth-order valence-corrected chi connectivity index (χ4v) is 2.32. The molecule has 19 heavy (non-hydrogen) atoms. The molecule has 0 amide bonds. The zero-order valence-electron chi connectivity index (χ0n) is 10.1. The minimum Gasteiger partial charge on any atom is -0.329 e. The molecule has 2 rings (SSSR count). The molecule has 104 valence electrons. The molecule has 1 fully saturated rings. The summed E-state index contributed by atoms with van der Waals surface area (Å²) in [5.41, 5.74) is 3.43. The molecular formula is C13H13F4NO. The minimum absolute atomic E-state index is 0.0457. The summed E-state index contributed by atoms with van der Waals surface area (Å²) < 4.78 is 50.7. The van der Waals surface area contributed by atoms with Crippen LogP contribution in [-0.4, -0.2) is 12.3 Å². The van der Waals surface area contributed by atoms with Crippen LogP contribution in [0.4, 0.5) is 17.6 Å². The summed E-state index contributed by atoms with van der Waals surface area (Å²) in [4.78, 5) is 12.2. The summed E-state index contributed by atoms with van der Waals surface area (Å²) in [5.74, 6) is -1.79. The lowest BCUT2D eigenvalue weighted by Crippen LogP contribution is -2.44. The number of alkyl halides is 3. The number of rotatable bonds is 3. The van der Waals surface area contributed by atoms with Gasteiger partial charge in [0.25, 0.3) is 0 Å². The molecule has 0 bridgehead atoms. The molecule has 1 aromatic carbocycles. The minimum atomic E-state index is -4.76. The number of carbonyl (C=O) groups excluding carboxylic acids is 1. The summed E-state index contributed by atoms with van der Waals surface area (Å²) in [6.45, 7) is 0.133. The molecule has 0 aromatic heterocycles. The first-order chi connectivity index (χ1) is 8.80. The van der Waals surface area contributed by atoms with Crippen LogP contribution < -0.4 is 5.73 Å². The van der Waals surface area contributed by atoms with Crippen molar-refractivity contribution in [2.45, 2.75) is 25.4 Å². The quantitative estimate of drug-likeness (QED) is 0.680. The van der Waals surface area contributed by atoms with Crippen molar-refractivity contribution in [2.75, 3.05) is 6.54 Å². The van der Waals surface area contributed by atoms with E-state index in [2.05, 4.69) is 0 Å². The predicted octanol–water partition coefficient (Wildman–Crippen LogP) is 3.16. The highest BCUT2D eigenvalue weighted by Gasteiger charge is 2.43. The van der Waals surface area contributed by atoms with Crippen LogP contribution in [0.1, 0.15) is 35.2 Å². The Morgan fingerprint density at radius 1 is 1.32 bits per heavy atom. The third kappa shape index (κ3) is 2.36. The Labute approximate surface area is 107 Å². The maximum absolute atomic E-state index is 13.4. The zero-order chi connectivity index (χ0) is 14.3. The van der Waals surface area contributed by atoms with Crippen molar-refractivity contribution >= 4 is 5.78 Å². The Hall–Kier alpha value is -1.43. The Kier molecular flexibility index (Phi) is 3.38. The fraction of sp³-hybridized carbons (Fsp3) is 0.462. The maximum Gasteiger partial charge on any atom is 0.419 e. The molecule has 0 atom stereocenters. The van der Waals surface area contributed by atoms with Gasteiger partial charge in [-0.1, -0.05) is 12.5 Å². The Balaban J connectivity index is 2.33. The van der Waals surface area contributed by atoms with E-state index in [0.717, 1.165) is 12.5 Å². The van der Waals surface area contributed by atoms with Gasteiger partial charge in [-0.3, -0.25) is 4.79 Å². The number of hydrogen-bond acceptors (Lipinski definition) is 2.